The zero-order valence-corrected chi connectivity index (χ0v) is 7.02. The molecule has 1 aromatic carbocycles. The van der Waals surface area contributed by atoms with Crippen molar-refractivity contribution in [3.8, 4) is 0 Å². The molecular formula is C9H6NOS. The Hall–Kier alpha value is -1.22. The fraction of sp³-hybridized carbons (Fsp3) is 0. The highest BCUT2D eigenvalue weighted by Gasteiger charge is 2.11. The van der Waals surface area contributed by atoms with Crippen LogP contribution in [0.2, 0.25) is 0 Å². The summed E-state index contributed by atoms with van der Waals surface area (Å²) in [5, 5.41) is 5.50. The van der Waals surface area contributed by atoms with Gasteiger partial charge in [-0.05, 0) is 12.1 Å². The summed E-state index contributed by atoms with van der Waals surface area (Å²) in [6.07, 6.45) is 1.53. The second-order valence-electron chi connectivity index (χ2n) is 2.33. The maximum absolute atomic E-state index is 11.3. The van der Waals surface area contributed by atoms with Gasteiger partial charge in [-0.3, -0.25) is 4.79 Å². The number of carbonyl (C=O) groups is 1. The molecule has 1 aromatic rings. The van der Waals surface area contributed by atoms with Crippen LogP contribution in [0.5, 0.6) is 0 Å². The molecule has 1 radical (unpaired) electrons. The first-order chi connectivity index (χ1) is 5.88. The molecule has 1 N–H and O–H groups in total. The number of thioether (sulfide) groups is 1. The average molecular weight is 176 g/mol. The van der Waals surface area contributed by atoms with Crippen LogP contribution in [0.25, 0.3) is 0 Å². The molecule has 0 atom stereocenters. The van der Waals surface area contributed by atoms with Crippen molar-refractivity contribution >= 4 is 17.7 Å². The monoisotopic (exact) mass is 176 g/mol. The van der Waals surface area contributed by atoms with Crippen molar-refractivity contribution in [2.45, 2.75) is 4.90 Å². The Morgan fingerprint density at radius 2 is 2.17 bits per heavy atom. The molecule has 1 aliphatic rings. The maximum Gasteiger partial charge on any atom is 0.256 e. The molecule has 59 valence electrons. The van der Waals surface area contributed by atoms with E-state index in [2.05, 4.69) is 10.7 Å². The molecule has 0 bridgehead atoms. The third-order valence-electron chi connectivity index (χ3n) is 1.56. The summed E-state index contributed by atoms with van der Waals surface area (Å²) < 4.78 is 0. The number of carbonyl (C=O) groups excluding carboxylic acids is 1. The highest BCUT2D eigenvalue weighted by atomic mass is 32.2. The molecule has 1 heterocycles. The molecule has 0 aliphatic carbocycles. The van der Waals surface area contributed by atoms with Gasteiger partial charge in [0.15, 0.2) is 0 Å². The molecular weight excluding hydrogens is 170 g/mol. The van der Waals surface area contributed by atoms with Crippen molar-refractivity contribution in [1.82, 2.24) is 5.32 Å². The number of benzene rings is 1. The third kappa shape index (κ3) is 1.23. The van der Waals surface area contributed by atoms with Gasteiger partial charge in [0.25, 0.3) is 5.91 Å². The Morgan fingerprint density at radius 3 is 3.08 bits per heavy atom. The summed E-state index contributed by atoms with van der Waals surface area (Å²) in [4.78, 5) is 12.3. The zero-order chi connectivity index (χ0) is 8.39. The van der Waals surface area contributed by atoms with E-state index in [4.69, 9.17) is 0 Å². The van der Waals surface area contributed by atoms with Gasteiger partial charge in [0.2, 0.25) is 0 Å². The molecule has 0 aromatic heterocycles. The van der Waals surface area contributed by atoms with Gasteiger partial charge in [-0.2, -0.15) is 0 Å². The van der Waals surface area contributed by atoms with Crippen molar-refractivity contribution in [3.05, 3.63) is 41.4 Å². The number of hydrogen-bond donors (Lipinski definition) is 1. The molecule has 3 heteroatoms. The van der Waals surface area contributed by atoms with E-state index in [0.717, 1.165) is 4.90 Å². The van der Waals surface area contributed by atoms with Crippen LogP contribution in [0.15, 0.2) is 35.4 Å². The van der Waals surface area contributed by atoms with E-state index in [9.17, 15) is 4.79 Å². The van der Waals surface area contributed by atoms with Crippen LogP contribution in [0.3, 0.4) is 0 Å². The Morgan fingerprint density at radius 1 is 1.33 bits per heavy atom. The van der Waals surface area contributed by atoms with E-state index < -0.39 is 0 Å². The minimum atomic E-state index is -0.0666. The van der Waals surface area contributed by atoms with Gasteiger partial charge in [-0.1, -0.05) is 23.9 Å². The molecule has 12 heavy (non-hydrogen) atoms. The first-order valence-corrected chi connectivity index (χ1v) is 4.33. The van der Waals surface area contributed by atoms with Crippen molar-refractivity contribution in [2.75, 3.05) is 0 Å². The highest BCUT2D eigenvalue weighted by molar-refractivity contribution is 8.01. The predicted octanol–water partition coefficient (Wildman–Crippen LogP) is 1.80. The average Bonchev–Trinajstić information content (AvgIpc) is 2.29. The molecule has 1 amide bonds. The summed E-state index contributed by atoms with van der Waals surface area (Å²) in [7, 11) is 0. The number of fused-ring (bicyclic) bond motifs is 1. The summed E-state index contributed by atoms with van der Waals surface area (Å²) in [6, 6.07) is 7.47. The zero-order valence-electron chi connectivity index (χ0n) is 6.20. The van der Waals surface area contributed by atoms with Gasteiger partial charge in [-0.15, -0.1) is 0 Å². The van der Waals surface area contributed by atoms with E-state index in [0.29, 0.717) is 5.56 Å². The lowest BCUT2D eigenvalue weighted by Crippen LogP contribution is -2.16. The largest absolute Gasteiger partial charge is 0.327 e. The second-order valence-corrected chi connectivity index (χ2v) is 3.21. The van der Waals surface area contributed by atoms with Crippen LogP contribution in [0, 0.1) is 5.41 Å². The van der Waals surface area contributed by atoms with Gasteiger partial charge >= 0.3 is 0 Å². The Labute approximate surface area is 74.7 Å². The van der Waals surface area contributed by atoms with Crippen molar-refractivity contribution in [3.63, 3.8) is 0 Å². The lowest BCUT2D eigenvalue weighted by Gasteiger charge is -2.00. The predicted molar refractivity (Wildman–Crippen MR) is 47.6 cm³/mol. The van der Waals surface area contributed by atoms with Gasteiger partial charge in [0, 0.05) is 16.5 Å². The Bertz CT molecular complexity index is 346. The molecule has 2 rings (SSSR count). The number of rotatable bonds is 0. The highest BCUT2D eigenvalue weighted by Crippen LogP contribution is 2.24. The van der Waals surface area contributed by atoms with Gasteiger partial charge < -0.3 is 5.32 Å². The molecule has 0 unspecified atom stereocenters. The molecule has 0 saturated heterocycles. The van der Waals surface area contributed by atoms with E-state index in [1.807, 2.05) is 18.2 Å². The third-order valence-corrected chi connectivity index (χ3v) is 2.37. The van der Waals surface area contributed by atoms with E-state index in [1.54, 1.807) is 6.07 Å². The molecule has 1 aliphatic heterocycles. The minimum absolute atomic E-state index is 0.0666. The van der Waals surface area contributed by atoms with Crippen molar-refractivity contribution in [2.24, 2.45) is 0 Å². The number of hydrogen-bond acceptors (Lipinski definition) is 2. The normalized spacial score (nSPS) is 14.8. The van der Waals surface area contributed by atoms with E-state index >= 15 is 0 Å². The quantitative estimate of drug-likeness (QED) is 0.653. The van der Waals surface area contributed by atoms with Gasteiger partial charge in [-0.25, -0.2) is 0 Å². The van der Waals surface area contributed by atoms with E-state index in [-0.39, 0.29) is 5.91 Å². The lowest BCUT2D eigenvalue weighted by molar-refractivity contribution is 0.0967. The molecule has 0 fully saturated rings. The van der Waals surface area contributed by atoms with Crippen LogP contribution in [0.4, 0.5) is 0 Å². The standard InChI is InChI=1S/C9H6NOS/c11-9-7-3-1-2-4-8(7)12-6-5-10-9/h1-5H,(H,10,11). The van der Waals surface area contributed by atoms with Crippen LogP contribution >= 0.6 is 11.8 Å². The summed E-state index contributed by atoms with van der Waals surface area (Å²) in [5.41, 5.74) is 0.712. The number of nitrogens with one attached hydrogen (secondary N) is 1. The molecule has 0 spiro atoms. The van der Waals surface area contributed by atoms with Crippen molar-refractivity contribution in [1.29, 1.82) is 0 Å². The summed E-state index contributed by atoms with van der Waals surface area (Å²) in [5.74, 6) is -0.0666. The summed E-state index contributed by atoms with van der Waals surface area (Å²) in [6.45, 7) is 0. The first-order valence-electron chi connectivity index (χ1n) is 3.52. The van der Waals surface area contributed by atoms with Crippen molar-refractivity contribution < 1.29 is 4.79 Å². The molecule has 0 saturated carbocycles. The maximum atomic E-state index is 11.3. The Balaban J connectivity index is 2.52. The summed E-state index contributed by atoms with van der Waals surface area (Å²) >= 11 is 1.42. The Kier molecular flexibility index (Phi) is 1.87. The van der Waals surface area contributed by atoms with Crippen LogP contribution < -0.4 is 5.32 Å². The van der Waals surface area contributed by atoms with Gasteiger partial charge in [0.1, 0.15) is 0 Å². The first kappa shape index (κ1) is 7.43. The smallest absolute Gasteiger partial charge is 0.256 e. The van der Waals surface area contributed by atoms with Crippen LogP contribution in [-0.4, -0.2) is 5.91 Å². The molecule has 2 nitrogen and oxygen atoms in total. The van der Waals surface area contributed by atoms with E-state index in [1.165, 1.54) is 18.0 Å². The van der Waals surface area contributed by atoms with Gasteiger partial charge in [0.05, 0.1) is 5.56 Å². The van der Waals surface area contributed by atoms with Crippen LogP contribution in [-0.2, 0) is 0 Å². The number of amides is 1. The fourth-order valence-electron chi connectivity index (χ4n) is 1.01. The topological polar surface area (TPSA) is 29.1 Å². The fourth-order valence-corrected chi connectivity index (χ4v) is 1.67. The SMILES string of the molecule is O=C1NC=[C]Sc2ccccc21. The minimum Gasteiger partial charge on any atom is -0.327 e. The van der Waals surface area contributed by atoms with Crippen LogP contribution in [0.1, 0.15) is 10.4 Å². The second kappa shape index (κ2) is 3.03. The lowest BCUT2D eigenvalue weighted by atomic mass is 10.2.